The van der Waals surface area contributed by atoms with Crippen molar-refractivity contribution >= 4 is 29.0 Å². The molecule has 5 heteroatoms. The second kappa shape index (κ2) is 6.30. The monoisotopic (exact) mass is 325 g/mol. The molecule has 0 N–H and O–H groups in total. The van der Waals surface area contributed by atoms with Crippen LogP contribution in [0.1, 0.15) is 11.1 Å². The number of aryl methyl sites for hydroxylation is 1. The van der Waals surface area contributed by atoms with Crippen molar-refractivity contribution < 1.29 is 14.3 Å². The van der Waals surface area contributed by atoms with Gasteiger partial charge in [-0.25, -0.2) is 0 Å². The predicted octanol–water partition coefficient (Wildman–Crippen LogP) is 4.45. The van der Waals surface area contributed by atoms with Crippen molar-refractivity contribution in [3.8, 4) is 11.5 Å². The van der Waals surface area contributed by atoms with Gasteiger partial charge in [-0.1, -0.05) is 35.9 Å². The molecule has 4 nitrogen and oxygen atoms in total. The van der Waals surface area contributed by atoms with E-state index in [1.807, 2.05) is 55.5 Å². The molecule has 2 aromatic carbocycles. The number of likely N-dealkylation sites (N-methyl/N-ethyl adjacent to an activating group) is 1. The summed E-state index contributed by atoms with van der Waals surface area (Å²) < 4.78 is 5.90. The topological polar surface area (TPSA) is 46.6 Å². The molecule has 2 amide bonds. The van der Waals surface area contributed by atoms with Crippen molar-refractivity contribution in [3.63, 3.8) is 0 Å². The SMILES string of the molecule is Cc1ccc(Oc2ccccc2/C=C2/SC(=O)N(C)C2=O)cc1. The number of hydrogen-bond donors (Lipinski definition) is 0. The van der Waals surface area contributed by atoms with Gasteiger partial charge in [0.2, 0.25) is 0 Å². The summed E-state index contributed by atoms with van der Waals surface area (Å²) in [6.45, 7) is 2.01. The Morgan fingerprint density at radius 3 is 2.39 bits per heavy atom. The molecule has 0 saturated carbocycles. The number of ether oxygens (including phenoxy) is 1. The highest BCUT2D eigenvalue weighted by Crippen LogP contribution is 2.34. The summed E-state index contributed by atoms with van der Waals surface area (Å²) in [4.78, 5) is 25.1. The predicted molar refractivity (Wildman–Crippen MR) is 91.4 cm³/mol. The molecule has 0 bridgehead atoms. The average molecular weight is 325 g/mol. The van der Waals surface area contributed by atoms with Crippen molar-refractivity contribution in [2.45, 2.75) is 6.92 Å². The fraction of sp³-hybridized carbons (Fsp3) is 0.111. The standard InChI is InChI=1S/C18H15NO3S/c1-12-7-9-14(10-8-12)22-15-6-4-3-5-13(15)11-16-17(20)19(2)18(21)23-16/h3-11H,1-2H3/b16-11+. The second-order valence-corrected chi connectivity index (χ2v) is 6.19. The lowest BCUT2D eigenvalue weighted by atomic mass is 10.2. The summed E-state index contributed by atoms with van der Waals surface area (Å²) in [7, 11) is 1.48. The van der Waals surface area contributed by atoms with E-state index in [-0.39, 0.29) is 11.1 Å². The zero-order valence-corrected chi connectivity index (χ0v) is 13.6. The summed E-state index contributed by atoms with van der Waals surface area (Å²) >= 11 is 0.937. The summed E-state index contributed by atoms with van der Waals surface area (Å²) in [5, 5.41) is -0.266. The lowest BCUT2D eigenvalue weighted by molar-refractivity contribution is -0.121. The normalized spacial score (nSPS) is 16.3. The summed E-state index contributed by atoms with van der Waals surface area (Å²) in [5.41, 5.74) is 1.91. The van der Waals surface area contributed by atoms with Crippen LogP contribution >= 0.6 is 11.8 Å². The van der Waals surface area contributed by atoms with Crippen molar-refractivity contribution in [2.24, 2.45) is 0 Å². The second-order valence-electron chi connectivity index (χ2n) is 5.19. The number of thioether (sulfide) groups is 1. The zero-order valence-electron chi connectivity index (χ0n) is 12.8. The van der Waals surface area contributed by atoms with Crippen LogP contribution in [0.15, 0.2) is 53.4 Å². The summed E-state index contributed by atoms with van der Waals surface area (Å²) in [5.74, 6) is 1.07. The Morgan fingerprint density at radius 2 is 1.74 bits per heavy atom. The molecule has 2 aromatic rings. The van der Waals surface area contributed by atoms with Gasteiger partial charge in [0.05, 0.1) is 4.91 Å². The molecule has 0 radical (unpaired) electrons. The fourth-order valence-corrected chi connectivity index (χ4v) is 2.93. The van der Waals surface area contributed by atoms with Crippen LogP contribution in [0, 0.1) is 6.92 Å². The summed E-state index contributed by atoms with van der Waals surface area (Å²) in [6.07, 6.45) is 1.69. The molecule has 23 heavy (non-hydrogen) atoms. The molecule has 0 aromatic heterocycles. The average Bonchev–Trinajstić information content (AvgIpc) is 2.79. The highest BCUT2D eigenvalue weighted by Gasteiger charge is 2.31. The third kappa shape index (κ3) is 3.29. The zero-order chi connectivity index (χ0) is 16.4. The minimum atomic E-state index is -0.287. The third-order valence-corrected chi connectivity index (χ3v) is 4.40. The van der Waals surface area contributed by atoms with Gasteiger partial charge in [0.25, 0.3) is 11.1 Å². The molecule has 1 saturated heterocycles. The Labute approximate surface area is 138 Å². The Bertz CT molecular complexity index is 796. The highest BCUT2D eigenvalue weighted by molar-refractivity contribution is 8.18. The maximum Gasteiger partial charge on any atom is 0.293 e. The van der Waals surface area contributed by atoms with Crippen molar-refractivity contribution in [1.29, 1.82) is 0 Å². The smallest absolute Gasteiger partial charge is 0.293 e. The Morgan fingerprint density at radius 1 is 1.04 bits per heavy atom. The van der Waals surface area contributed by atoms with Gasteiger partial charge in [-0.15, -0.1) is 0 Å². The van der Waals surface area contributed by atoms with Gasteiger partial charge in [-0.05, 0) is 43.0 Å². The number of nitrogens with zero attached hydrogens (tertiary/aromatic N) is 1. The number of rotatable bonds is 3. The molecule has 1 aliphatic rings. The van der Waals surface area contributed by atoms with Crippen LogP contribution in [-0.2, 0) is 4.79 Å². The molecule has 116 valence electrons. The lowest BCUT2D eigenvalue weighted by Crippen LogP contribution is -2.22. The van der Waals surface area contributed by atoms with E-state index in [1.54, 1.807) is 6.08 Å². The maximum absolute atomic E-state index is 12.0. The third-order valence-electron chi connectivity index (χ3n) is 3.44. The molecule has 1 aliphatic heterocycles. The minimum Gasteiger partial charge on any atom is -0.457 e. The van der Waals surface area contributed by atoms with E-state index in [1.165, 1.54) is 7.05 Å². The van der Waals surface area contributed by atoms with Gasteiger partial charge < -0.3 is 4.74 Å². The van der Waals surface area contributed by atoms with Crippen LogP contribution in [-0.4, -0.2) is 23.1 Å². The van der Waals surface area contributed by atoms with E-state index in [4.69, 9.17) is 4.74 Å². The van der Waals surface area contributed by atoms with Gasteiger partial charge in [-0.2, -0.15) is 0 Å². The Kier molecular flexibility index (Phi) is 4.21. The number of para-hydroxylation sites is 1. The van der Waals surface area contributed by atoms with Crippen molar-refractivity contribution in [3.05, 3.63) is 64.6 Å². The first kappa shape index (κ1) is 15.4. The minimum absolute atomic E-state index is 0.266. The molecule has 1 fully saturated rings. The maximum atomic E-state index is 12.0. The van der Waals surface area contributed by atoms with Crippen molar-refractivity contribution in [1.82, 2.24) is 4.90 Å². The van der Waals surface area contributed by atoms with Crippen LogP contribution in [0.2, 0.25) is 0 Å². The van der Waals surface area contributed by atoms with Crippen LogP contribution < -0.4 is 4.74 Å². The Balaban J connectivity index is 1.91. The van der Waals surface area contributed by atoms with Crippen LogP contribution in [0.4, 0.5) is 4.79 Å². The molecule has 0 aliphatic carbocycles. The van der Waals surface area contributed by atoms with Gasteiger partial charge in [0.15, 0.2) is 0 Å². The largest absolute Gasteiger partial charge is 0.457 e. The number of carbonyl (C=O) groups is 2. The van der Waals surface area contributed by atoms with E-state index < -0.39 is 0 Å². The number of amides is 2. The quantitative estimate of drug-likeness (QED) is 0.782. The number of hydrogen-bond acceptors (Lipinski definition) is 4. The van der Waals surface area contributed by atoms with Crippen LogP contribution in [0.25, 0.3) is 6.08 Å². The van der Waals surface area contributed by atoms with E-state index in [0.29, 0.717) is 10.7 Å². The van der Waals surface area contributed by atoms with E-state index in [0.717, 1.165) is 33.5 Å². The van der Waals surface area contributed by atoms with E-state index in [9.17, 15) is 9.59 Å². The van der Waals surface area contributed by atoms with Crippen LogP contribution in [0.3, 0.4) is 0 Å². The Hall–Kier alpha value is -2.53. The molecular formula is C18H15NO3S. The molecule has 0 unspecified atom stereocenters. The van der Waals surface area contributed by atoms with Crippen LogP contribution in [0.5, 0.6) is 11.5 Å². The van der Waals surface area contributed by atoms with Gasteiger partial charge in [-0.3, -0.25) is 14.5 Å². The number of carbonyl (C=O) groups excluding carboxylic acids is 2. The fourth-order valence-electron chi connectivity index (χ4n) is 2.11. The first-order valence-electron chi connectivity index (χ1n) is 7.10. The first-order valence-corrected chi connectivity index (χ1v) is 7.91. The van der Waals surface area contributed by atoms with Gasteiger partial charge in [0, 0.05) is 12.6 Å². The molecule has 3 rings (SSSR count). The molecular weight excluding hydrogens is 310 g/mol. The summed E-state index contributed by atoms with van der Waals surface area (Å²) in [6, 6.07) is 15.2. The van der Waals surface area contributed by atoms with E-state index in [2.05, 4.69) is 0 Å². The number of imide groups is 1. The van der Waals surface area contributed by atoms with E-state index >= 15 is 0 Å². The highest BCUT2D eigenvalue weighted by atomic mass is 32.2. The molecule has 0 atom stereocenters. The molecule has 0 spiro atoms. The first-order chi connectivity index (χ1) is 11.0. The van der Waals surface area contributed by atoms with Gasteiger partial charge >= 0.3 is 0 Å². The lowest BCUT2D eigenvalue weighted by Gasteiger charge is -2.09. The van der Waals surface area contributed by atoms with Gasteiger partial charge in [0.1, 0.15) is 11.5 Å². The molecule has 1 heterocycles. The number of benzene rings is 2. The van der Waals surface area contributed by atoms with Crippen molar-refractivity contribution in [2.75, 3.05) is 7.05 Å².